The van der Waals surface area contributed by atoms with Crippen molar-refractivity contribution in [3.8, 4) is 0 Å². The highest BCUT2D eigenvalue weighted by atomic mass is 16.6. The zero-order chi connectivity index (χ0) is 13.1. The molecule has 2 N–H and O–H groups in total. The van der Waals surface area contributed by atoms with Crippen molar-refractivity contribution >= 4 is 17.6 Å². The second-order valence-electron chi connectivity index (χ2n) is 3.84. The molecular formula is C10H12N4O4. The van der Waals surface area contributed by atoms with E-state index in [1.807, 2.05) is 0 Å². The predicted molar refractivity (Wildman–Crippen MR) is 59.6 cm³/mol. The van der Waals surface area contributed by atoms with Crippen LogP contribution in [-0.4, -0.2) is 38.6 Å². The number of aryl methyl sites for hydroxylation is 1. The lowest BCUT2D eigenvalue weighted by atomic mass is 10.1. The Morgan fingerprint density at radius 1 is 1.67 bits per heavy atom. The normalized spacial score (nSPS) is 18.1. The van der Waals surface area contributed by atoms with Crippen LogP contribution >= 0.6 is 0 Å². The molecule has 0 fully saturated rings. The van der Waals surface area contributed by atoms with Gasteiger partial charge >= 0.3 is 5.97 Å². The standard InChI is InChI=1S/C10H12N4O4/c1-14-3-2-6(12-14)5-11-9(15)8-4-7(10(16)17)13-18-8/h2-3,8H,4-5H2,1H3,(H,11,15)(H,16,17). The van der Waals surface area contributed by atoms with Gasteiger partial charge in [-0.25, -0.2) is 4.79 Å². The minimum Gasteiger partial charge on any atom is -0.477 e. The summed E-state index contributed by atoms with van der Waals surface area (Å²) in [6, 6.07) is 1.77. The van der Waals surface area contributed by atoms with Gasteiger partial charge in [-0.15, -0.1) is 0 Å². The van der Waals surface area contributed by atoms with E-state index in [1.165, 1.54) is 0 Å². The van der Waals surface area contributed by atoms with Crippen molar-refractivity contribution in [2.24, 2.45) is 12.2 Å². The van der Waals surface area contributed by atoms with Crippen molar-refractivity contribution < 1.29 is 19.5 Å². The van der Waals surface area contributed by atoms with Gasteiger partial charge in [0.25, 0.3) is 5.91 Å². The van der Waals surface area contributed by atoms with Crippen molar-refractivity contribution in [2.45, 2.75) is 19.1 Å². The molecule has 1 aromatic heterocycles. The molecule has 2 heterocycles. The number of carbonyl (C=O) groups is 2. The number of nitrogens with zero attached hydrogens (tertiary/aromatic N) is 3. The summed E-state index contributed by atoms with van der Waals surface area (Å²) in [7, 11) is 1.78. The number of nitrogens with one attached hydrogen (secondary N) is 1. The zero-order valence-electron chi connectivity index (χ0n) is 9.66. The second-order valence-corrected chi connectivity index (χ2v) is 3.84. The van der Waals surface area contributed by atoms with Gasteiger partial charge < -0.3 is 15.3 Å². The summed E-state index contributed by atoms with van der Waals surface area (Å²) in [4.78, 5) is 27.0. The third kappa shape index (κ3) is 2.65. The Kier molecular flexibility index (Phi) is 3.26. The smallest absolute Gasteiger partial charge is 0.353 e. The fourth-order valence-corrected chi connectivity index (χ4v) is 1.49. The third-order valence-electron chi connectivity index (χ3n) is 2.42. The van der Waals surface area contributed by atoms with Gasteiger partial charge in [-0.05, 0) is 6.07 Å². The minimum absolute atomic E-state index is 0.0244. The van der Waals surface area contributed by atoms with Gasteiger partial charge in [0.1, 0.15) is 0 Å². The van der Waals surface area contributed by atoms with Gasteiger partial charge in [-0.3, -0.25) is 9.48 Å². The Balaban J connectivity index is 1.82. The van der Waals surface area contributed by atoms with Gasteiger partial charge in [0.2, 0.25) is 6.10 Å². The molecule has 0 saturated heterocycles. The molecule has 0 aromatic carbocycles. The summed E-state index contributed by atoms with van der Waals surface area (Å²) in [6.45, 7) is 0.266. The van der Waals surface area contributed by atoms with Crippen LogP contribution in [0.2, 0.25) is 0 Å². The average molecular weight is 252 g/mol. The molecule has 0 saturated carbocycles. The molecule has 0 aliphatic carbocycles. The number of hydrogen-bond donors (Lipinski definition) is 2. The fraction of sp³-hybridized carbons (Fsp3) is 0.400. The van der Waals surface area contributed by atoms with Crippen LogP contribution < -0.4 is 5.32 Å². The first-order chi connectivity index (χ1) is 8.56. The van der Waals surface area contributed by atoms with Crippen molar-refractivity contribution in [1.82, 2.24) is 15.1 Å². The largest absolute Gasteiger partial charge is 0.477 e. The molecular weight excluding hydrogens is 240 g/mol. The molecule has 1 aliphatic rings. The first-order valence-corrected chi connectivity index (χ1v) is 5.28. The van der Waals surface area contributed by atoms with E-state index >= 15 is 0 Å². The van der Waals surface area contributed by atoms with E-state index in [0.29, 0.717) is 5.69 Å². The number of hydrogen-bond acceptors (Lipinski definition) is 5. The highest BCUT2D eigenvalue weighted by Gasteiger charge is 2.31. The lowest BCUT2D eigenvalue weighted by molar-refractivity contribution is -0.131. The van der Waals surface area contributed by atoms with E-state index in [9.17, 15) is 9.59 Å². The molecule has 0 spiro atoms. The monoisotopic (exact) mass is 252 g/mol. The van der Waals surface area contributed by atoms with Crippen LogP contribution in [0.15, 0.2) is 17.4 Å². The lowest BCUT2D eigenvalue weighted by Crippen LogP contribution is -2.34. The summed E-state index contributed by atoms with van der Waals surface area (Å²) < 4.78 is 1.62. The van der Waals surface area contributed by atoms with Crippen molar-refractivity contribution in [3.63, 3.8) is 0 Å². The first-order valence-electron chi connectivity index (χ1n) is 5.28. The van der Waals surface area contributed by atoms with E-state index in [4.69, 9.17) is 9.94 Å². The van der Waals surface area contributed by atoms with Crippen LogP contribution in [0.4, 0.5) is 0 Å². The Hall–Kier alpha value is -2.38. The molecule has 96 valence electrons. The lowest BCUT2D eigenvalue weighted by Gasteiger charge is -2.07. The van der Waals surface area contributed by atoms with E-state index in [1.54, 1.807) is 24.0 Å². The molecule has 2 rings (SSSR count). The zero-order valence-corrected chi connectivity index (χ0v) is 9.66. The maximum Gasteiger partial charge on any atom is 0.353 e. The quantitative estimate of drug-likeness (QED) is 0.734. The van der Waals surface area contributed by atoms with Gasteiger partial charge in [0.05, 0.1) is 12.2 Å². The van der Waals surface area contributed by atoms with Crippen LogP contribution in [0.3, 0.4) is 0 Å². The number of aliphatic carboxylic acids is 1. The van der Waals surface area contributed by atoms with Crippen molar-refractivity contribution in [2.75, 3.05) is 0 Å². The van der Waals surface area contributed by atoms with Crippen molar-refractivity contribution in [1.29, 1.82) is 0 Å². The number of oxime groups is 1. The molecule has 0 bridgehead atoms. The molecule has 1 amide bonds. The highest BCUT2D eigenvalue weighted by molar-refractivity contribution is 6.36. The summed E-state index contributed by atoms with van der Waals surface area (Å²) >= 11 is 0. The van der Waals surface area contributed by atoms with Crippen LogP contribution in [-0.2, 0) is 28.0 Å². The fourth-order valence-electron chi connectivity index (χ4n) is 1.49. The summed E-state index contributed by atoms with van der Waals surface area (Å²) in [5, 5.41) is 18.7. The maximum absolute atomic E-state index is 11.7. The number of carboxylic acid groups (broad SMARTS) is 1. The molecule has 1 unspecified atom stereocenters. The van der Waals surface area contributed by atoms with Crippen molar-refractivity contribution in [3.05, 3.63) is 18.0 Å². The molecule has 0 radical (unpaired) electrons. The van der Waals surface area contributed by atoms with E-state index in [0.717, 1.165) is 0 Å². The summed E-state index contributed by atoms with van der Waals surface area (Å²) in [6.07, 6.45) is 0.864. The highest BCUT2D eigenvalue weighted by Crippen LogP contribution is 2.10. The Morgan fingerprint density at radius 2 is 2.44 bits per heavy atom. The SMILES string of the molecule is Cn1ccc(CNC(=O)C2CC(C(=O)O)=NO2)n1. The maximum atomic E-state index is 11.7. The van der Waals surface area contributed by atoms with Crippen LogP contribution in [0, 0.1) is 0 Å². The molecule has 1 aliphatic heterocycles. The van der Waals surface area contributed by atoms with Gasteiger partial charge in [0, 0.05) is 19.7 Å². The van der Waals surface area contributed by atoms with Gasteiger partial charge in [0.15, 0.2) is 5.71 Å². The first kappa shape index (κ1) is 12.1. The number of rotatable bonds is 4. The van der Waals surface area contributed by atoms with Crippen LogP contribution in [0.25, 0.3) is 0 Å². The number of aromatic nitrogens is 2. The molecule has 8 nitrogen and oxygen atoms in total. The third-order valence-corrected chi connectivity index (χ3v) is 2.42. The second kappa shape index (κ2) is 4.86. The summed E-state index contributed by atoms with van der Waals surface area (Å²) in [5.41, 5.74) is 0.566. The number of amides is 1. The van der Waals surface area contributed by atoms with Gasteiger partial charge in [-0.1, -0.05) is 5.16 Å². The summed E-state index contributed by atoms with van der Waals surface area (Å²) in [5.74, 6) is -1.57. The Labute approximate surface area is 102 Å². The van der Waals surface area contributed by atoms with Gasteiger partial charge in [-0.2, -0.15) is 5.10 Å². The molecule has 18 heavy (non-hydrogen) atoms. The van der Waals surface area contributed by atoms with E-state index in [2.05, 4.69) is 15.6 Å². The van der Waals surface area contributed by atoms with E-state index < -0.39 is 18.0 Å². The molecule has 1 aromatic rings. The van der Waals surface area contributed by atoms with Crippen LogP contribution in [0.5, 0.6) is 0 Å². The Morgan fingerprint density at radius 3 is 3.00 bits per heavy atom. The molecule has 1 atom stereocenters. The van der Waals surface area contributed by atoms with Crippen LogP contribution in [0.1, 0.15) is 12.1 Å². The Bertz CT molecular complexity index is 508. The average Bonchev–Trinajstić information content (AvgIpc) is 2.94. The molecule has 8 heteroatoms. The topological polar surface area (TPSA) is 106 Å². The number of carboxylic acids is 1. The number of carbonyl (C=O) groups excluding carboxylic acids is 1. The van der Waals surface area contributed by atoms with E-state index in [-0.39, 0.29) is 18.7 Å². The predicted octanol–water partition coefficient (Wildman–Crippen LogP) is -0.734. The minimum atomic E-state index is -1.17.